The Bertz CT molecular complexity index is 1090. The van der Waals surface area contributed by atoms with E-state index >= 15 is 0 Å². The van der Waals surface area contributed by atoms with Gasteiger partial charge >= 0.3 is 6.03 Å². The Morgan fingerprint density at radius 1 is 0.897 bits per heavy atom. The predicted octanol–water partition coefficient (Wildman–Crippen LogP) is 6.45. The summed E-state index contributed by atoms with van der Waals surface area (Å²) < 4.78 is 5.56. The van der Waals surface area contributed by atoms with Crippen LogP contribution < -0.4 is 15.4 Å². The maximum absolute atomic E-state index is 12.1. The minimum Gasteiger partial charge on any atom is -0.436 e. The first-order chi connectivity index (χ1) is 13.8. The second-order valence-corrected chi connectivity index (χ2v) is 7.23. The molecule has 0 atom stereocenters. The number of halogens is 4. The fourth-order valence-corrected chi connectivity index (χ4v) is 3.08. The van der Waals surface area contributed by atoms with Crippen molar-refractivity contribution in [1.29, 1.82) is 0 Å². The summed E-state index contributed by atoms with van der Waals surface area (Å²) in [6.07, 6.45) is 1.38. The van der Waals surface area contributed by atoms with Crippen molar-refractivity contribution < 1.29 is 14.3 Å². The lowest BCUT2D eigenvalue weighted by Gasteiger charge is -2.11. The van der Waals surface area contributed by atoms with Gasteiger partial charge in [-0.1, -0.05) is 58.5 Å². The van der Waals surface area contributed by atoms with Gasteiger partial charge in [0.2, 0.25) is 5.88 Å². The molecule has 1 heterocycles. The molecule has 1 aromatic heterocycles. The Hall–Kier alpha value is -2.51. The van der Waals surface area contributed by atoms with E-state index in [4.69, 9.17) is 51.1 Å². The van der Waals surface area contributed by atoms with Crippen molar-refractivity contribution >= 4 is 64.0 Å². The van der Waals surface area contributed by atoms with E-state index in [1.54, 1.807) is 18.2 Å². The molecule has 2 aromatic carbocycles. The third-order valence-corrected chi connectivity index (χ3v) is 4.62. The lowest BCUT2D eigenvalue weighted by Crippen LogP contribution is -2.34. The van der Waals surface area contributed by atoms with Gasteiger partial charge in [-0.2, -0.15) is 0 Å². The van der Waals surface area contributed by atoms with Crippen LogP contribution in [0.1, 0.15) is 10.4 Å². The molecule has 0 saturated heterocycles. The van der Waals surface area contributed by atoms with Crippen molar-refractivity contribution in [2.24, 2.45) is 0 Å². The molecule has 10 heteroatoms. The molecule has 2 N–H and O–H groups in total. The van der Waals surface area contributed by atoms with Gasteiger partial charge in [0.15, 0.2) is 0 Å². The molecular formula is C19H11Cl4N3O3. The summed E-state index contributed by atoms with van der Waals surface area (Å²) in [5.74, 6) is -0.245. The number of aromatic nitrogens is 1. The molecule has 0 saturated carbocycles. The molecule has 0 spiro atoms. The Kier molecular flexibility index (Phi) is 6.82. The van der Waals surface area contributed by atoms with Crippen LogP contribution in [0.2, 0.25) is 20.1 Å². The summed E-state index contributed by atoms with van der Waals surface area (Å²) in [4.78, 5) is 28.2. The molecule has 3 aromatic rings. The molecule has 6 nitrogen and oxygen atoms in total. The number of anilines is 1. The lowest BCUT2D eigenvalue weighted by molar-refractivity contribution is 0.0967. The SMILES string of the molecule is O=C(NC(=O)c1ccccc1Cl)Nc1ccc(Oc2ncc(Cl)cc2Cl)c(Cl)c1. The number of nitrogens with zero attached hydrogens (tertiary/aromatic N) is 1. The number of amides is 3. The minimum absolute atomic E-state index is 0.127. The van der Waals surface area contributed by atoms with Crippen molar-refractivity contribution in [3.8, 4) is 11.6 Å². The first-order valence-corrected chi connectivity index (χ1v) is 9.50. The Morgan fingerprint density at radius 2 is 1.66 bits per heavy atom. The van der Waals surface area contributed by atoms with Crippen LogP contribution >= 0.6 is 46.4 Å². The van der Waals surface area contributed by atoms with E-state index < -0.39 is 11.9 Å². The number of urea groups is 1. The van der Waals surface area contributed by atoms with Gasteiger partial charge in [-0.15, -0.1) is 0 Å². The zero-order valence-electron chi connectivity index (χ0n) is 14.4. The second kappa shape index (κ2) is 9.33. The minimum atomic E-state index is -0.748. The predicted molar refractivity (Wildman–Crippen MR) is 114 cm³/mol. The number of ether oxygens (including phenoxy) is 1. The molecule has 0 fully saturated rings. The van der Waals surface area contributed by atoms with Crippen molar-refractivity contribution in [3.63, 3.8) is 0 Å². The fourth-order valence-electron chi connectivity index (χ4n) is 2.22. The van der Waals surface area contributed by atoms with E-state index in [2.05, 4.69) is 15.6 Å². The highest BCUT2D eigenvalue weighted by Crippen LogP contribution is 2.34. The molecule has 0 aliphatic rings. The highest BCUT2D eigenvalue weighted by atomic mass is 35.5. The van der Waals surface area contributed by atoms with Gasteiger partial charge in [0.1, 0.15) is 10.8 Å². The Labute approximate surface area is 185 Å². The van der Waals surface area contributed by atoms with E-state index in [0.717, 1.165) is 0 Å². The third kappa shape index (κ3) is 5.52. The number of carbonyl (C=O) groups is 2. The van der Waals surface area contributed by atoms with Gasteiger partial charge in [0.05, 0.1) is 20.6 Å². The highest BCUT2D eigenvalue weighted by molar-refractivity contribution is 6.35. The average Bonchev–Trinajstić information content (AvgIpc) is 2.66. The molecule has 29 heavy (non-hydrogen) atoms. The van der Waals surface area contributed by atoms with Gasteiger partial charge in [0.25, 0.3) is 5.91 Å². The second-order valence-electron chi connectivity index (χ2n) is 5.58. The molecule has 0 radical (unpaired) electrons. The Balaban J connectivity index is 1.66. The van der Waals surface area contributed by atoms with Crippen LogP contribution in [0, 0.1) is 0 Å². The molecule has 0 unspecified atom stereocenters. The van der Waals surface area contributed by atoms with Crippen molar-refractivity contribution in [1.82, 2.24) is 10.3 Å². The monoisotopic (exact) mass is 469 g/mol. The molecule has 0 aliphatic heterocycles. The number of hydrogen-bond acceptors (Lipinski definition) is 4. The van der Waals surface area contributed by atoms with Gasteiger partial charge in [-0.3, -0.25) is 10.1 Å². The summed E-state index contributed by atoms with van der Waals surface area (Å²) in [5.41, 5.74) is 0.514. The molecule has 0 bridgehead atoms. The maximum Gasteiger partial charge on any atom is 0.326 e. The van der Waals surface area contributed by atoms with Crippen LogP contribution in [0.5, 0.6) is 11.6 Å². The highest BCUT2D eigenvalue weighted by Gasteiger charge is 2.14. The number of nitrogens with one attached hydrogen (secondary N) is 2. The van der Waals surface area contributed by atoms with Crippen molar-refractivity contribution in [3.05, 3.63) is 80.4 Å². The van der Waals surface area contributed by atoms with Gasteiger partial charge in [0, 0.05) is 11.9 Å². The number of hydrogen-bond donors (Lipinski definition) is 2. The zero-order chi connectivity index (χ0) is 21.0. The van der Waals surface area contributed by atoms with Crippen molar-refractivity contribution in [2.75, 3.05) is 5.32 Å². The lowest BCUT2D eigenvalue weighted by atomic mass is 10.2. The number of rotatable bonds is 4. The molecule has 148 valence electrons. The summed E-state index contributed by atoms with van der Waals surface area (Å²) in [7, 11) is 0. The van der Waals surface area contributed by atoms with Crippen LogP contribution in [0.15, 0.2) is 54.7 Å². The van der Waals surface area contributed by atoms with Gasteiger partial charge < -0.3 is 10.1 Å². The fraction of sp³-hybridized carbons (Fsp3) is 0. The van der Waals surface area contributed by atoms with E-state index in [1.165, 1.54) is 36.5 Å². The first kappa shape index (κ1) is 21.2. The third-order valence-electron chi connectivity index (χ3n) is 3.52. The van der Waals surface area contributed by atoms with Gasteiger partial charge in [-0.05, 0) is 36.4 Å². The normalized spacial score (nSPS) is 10.3. The van der Waals surface area contributed by atoms with E-state index in [9.17, 15) is 9.59 Å². The van der Waals surface area contributed by atoms with E-state index in [0.29, 0.717) is 10.7 Å². The van der Waals surface area contributed by atoms with E-state index in [-0.39, 0.29) is 32.3 Å². The Morgan fingerprint density at radius 3 is 2.34 bits per heavy atom. The van der Waals surface area contributed by atoms with Crippen LogP contribution in [-0.2, 0) is 0 Å². The maximum atomic E-state index is 12.1. The van der Waals surface area contributed by atoms with E-state index in [1.807, 2.05) is 0 Å². The average molecular weight is 471 g/mol. The topological polar surface area (TPSA) is 80.3 Å². The van der Waals surface area contributed by atoms with Crippen LogP contribution in [0.4, 0.5) is 10.5 Å². The summed E-state index contributed by atoms with van der Waals surface area (Å²) >= 11 is 24.0. The van der Waals surface area contributed by atoms with Gasteiger partial charge in [-0.25, -0.2) is 9.78 Å². The molecular weight excluding hydrogens is 460 g/mol. The molecule has 0 aliphatic carbocycles. The largest absolute Gasteiger partial charge is 0.436 e. The number of carbonyl (C=O) groups excluding carboxylic acids is 2. The number of benzene rings is 2. The summed E-state index contributed by atoms with van der Waals surface area (Å²) in [6.45, 7) is 0. The summed E-state index contributed by atoms with van der Waals surface area (Å²) in [5, 5.41) is 5.69. The first-order valence-electron chi connectivity index (χ1n) is 7.99. The molecule has 3 rings (SSSR count). The summed E-state index contributed by atoms with van der Waals surface area (Å²) in [6, 6.07) is 11.6. The van der Waals surface area contributed by atoms with Crippen molar-refractivity contribution in [2.45, 2.75) is 0 Å². The van der Waals surface area contributed by atoms with Crippen LogP contribution in [0.25, 0.3) is 0 Å². The quantitative estimate of drug-likeness (QED) is 0.459. The standard InChI is InChI=1S/C19H11Cl4N3O3/c20-10-7-15(23)18(24-9-10)29-16-6-5-11(8-14(16)22)25-19(28)26-17(27)12-3-1-2-4-13(12)21/h1-9H,(H2,25,26,27,28). The van der Waals surface area contributed by atoms with Crippen LogP contribution in [-0.4, -0.2) is 16.9 Å². The zero-order valence-corrected chi connectivity index (χ0v) is 17.4. The number of pyridine rings is 1. The smallest absolute Gasteiger partial charge is 0.326 e. The number of imide groups is 1. The molecule has 3 amide bonds. The van der Waals surface area contributed by atoms with Crippen LogP contribution in [0.3, 0.4) is 0 Å².